The van der Waals surface area contributed by atoms with Crippen LogP contribution in [-0.2, 0) is 6.42 Å². The Morgan fingerprint density at radius 1 is 1.21 bits per heavy atom. The minimum Gasteiger partial charge on any atom is -0.360 e. The van der Waals surface area contributed by atoms with E-state index in [1.807, 2.05) is 36.1 Å². The van der Waals surface area contributed by atoms with Crippen molar-refractivity contribution in [2.24, 2.45) is 0 Å². The van der Waals surface area contributed by atoms with E-state index in [2.05, 4.69) is 18.1 Å². The largest absolute Gasteiger partial charge is 0.360 e. The topological polar surface area (TPSA) is 59.2 Å². The summed E-state index contributed by atoms with van der Waals surface area (Å²) in [5.41, 5.74) is 4.50. The second-order valence-corrected chi connectivity index (χ2v) is 7.88. The maximum Gasteiger partial charge on any atom is 0.253 e. The Hall–Kier alpha value is -2.66. The molecular weight excluding hydrogens is 386 g/mol. The van der Waals surface area contributed by atoms with Gasteiger partial charge in [-0.25, -0.2) is 0 Å². The summed E-state index contributed by atoms with van der Waals surface area (Å²) >= 11 is 6.03. The lowest BCUT2D eigenvalue weighted by atomic mass is 9.92. The van der Waals surface area contributed by atoms with Gasteiger partial charge in [-0.2, -0.15) is 0 Å². The van der Waals surface area contributed by atoms with Crippen molar-refractivity contribution in [3.63, 3.8) is 0 Å². The molecular formula is C23H24ClN3O2. The van der Waals surface area contributed by atoms with E-state index < -0.39 is 0 Å². The Labute approximate surface area is 175 Å². The van der Waals surface area contributed by atoms with E-state index in [1.165, 1.54) is 0 Å². The summed E-state index contributed by atoms with van der Waals surface area (Å²) in [7, 11) is 0. The number of hydrogen-bond donors (Lipinski definition) is 0. The third-order valence-corrected chi connectivity index (χ3v) is 5.79. The number of carbonyl (C=O) groups excluding carboxylic acids is 1. The monoisotopic (exact) mass is 409 g/mol. The van der Waals surface area contributed by atoms with Gasteiger partial charge in [0.05, 0.1) is 17.0 Å². The van der Waals surface area contributed by atoms with Gasteiger partial charge < -0.3 is 9.42 Å². The van der Waals surface area contributed by atoms with Crippen LogP contribution in [0.4, 0.5) is 0 Å². The Balaban J connectivity index is 1.48. The molecule has 6 heteroatoms. The minimum absolute atomic E-state index is 0.0420. The van der Waals surface area contributed by atoms with Crippen molar-refractivity contribution < 1.29 is 9.32 Å². The number of nitrogens with zero attached hydrogens (tertiary/aromatic N) is 3. The summed E-state index contributed by atoms with van der Waals surface area (Å²) in [6.45, 7) is 5.44. The van der Waals surface area contributed by atoms with Gasteiger partial charge in [-0.3, -0.25) is 9.78 Å². The number of halogens is 1. The molecule has 150 valence electrons. The van der Waals surface area contributed by atoms with E-state index in [4.69, 9.17) is 21.1 Å². The average Bonchev–Trinajstić information content (AvgIpc) is 3.14. The molecule has 5 nitrogen and oxygen atoms in total. The van der Waals surface area contributed by atoms with Crippen LogP contribution >= 0.6 is 11.6 Å². The lowest BCUT2D eigenvalue weighted by molar-refractivity contribution is 0.0712. The van der Waals surface area contributed by atoms with Gasteiger partial charge in [-0.15, -0.1) is 0 Å². The van der Waals surface area contributed by atoms with Crippen LogP contribution in [0.1, 0.15) is 53.2 Å². The molecule has 0 atom stereocenters. The first kappa shape index (κ1) is 19.6. The zero-order chi connectivity index (χ0) is 20.4. The van der Waals surface area contributed by atoms with E-state index in [0.717, 1.165) is 47.7 Å². The molecule has 0 saturated carbocycles. The summed E-state index contributed by atoms with van der Waals surface area (Å²) in [4.78, 5) is 19.6. The Kier molecular flexibility index (Phi) is 5.67. The van der Waals surface area contributed by atoms with Crippen molar-refractivity contribution in [2.45, 2.75) is 39.0 Å². The van der Waals surface area contributed by atoms with E-state index in [0.29, 0.717) is 29.6 Å². The molecule has 0 radical (unpaired) electrons. The van der Waals surface area contributed by atoms with Crippen LogP contribution < -0.4 is 0 Å². The normalized spacial score (nSPS) is 14.9. The fraction of sp³-hybridized carbons (Fsp3) is 0.348. The third-order valence-electron chi connectivity index (χ3n) is 5.55. The van der Waals surface area contributed by atoms with E-state index in [-0.39, 0.29) is 5.91 Å². The van der Waals surface area contributed by atoms with Gasteiger partial charge in [0.25, 0.3) is 5.91 Å². The fourth-order valence-electron chi connectivity index (χ4n) is 3.99. The third kappa shape index (κ3) is 4.06. The van der Waals surface area contributed by atoms with Crippen LogP contribution in [0.2, 0.25) is 5.02 Å². The molecule has 2 aromatic heterocycles. The number of aromatic nitrogens is 2. The first-order valence-electron chi connectivity index (χ1n) is 10.0. The highest BCUT2D eigenvalue weighted by Crippen LogP contribution is 2.31. The van der Waals surface area contributed by atoms with Crippen molar-refractivity contribution in [3.05, 3.63) is 70.2 Å². The second kappa shape index (κ2) is 8.37. The first-order valence-corrected chi connectivity index (χ1v) is 10.4. The Bertz CT molecular complexity index is 1020. The number of benzene rings is 1. The molecule has 1 amide bonds. The highest BCUT2D eigenvalue weighted by molar-refractivity contribution is 6.30. The molecule has 0 bridgehead atoms. The van der Waals surface area contributed by atoms with Gasteiger partial charge >= 0.3 is 0 Å². The molecule has 3 heterocycles. The molecule has 1 aliphatic heterocycles. The van der Waals surface area contributed by atoms with Crippen molar-refractivity contribution in [1.29, 1.82) is 0 Å². The zero-order valence-electron chi connectivity index (χ0n) is 16.7. The highest BCUT2D eigenvalue weighted by Gasteiger charge is 2.26. The van der Waals surface area contributed by atoms with Gasteiger partial charge in [-0.05, 0) is 50.1 Å². The lowest BCUT2D eigenvalue weighted by Crippen LogP contribution is -2.38. The molecule has 0 aliphatic carbocycles. The molecule has 4 rings (SSSR count). The van der Waals surface area contributed by atoms with Crippen molar-refractivity contribution in [1.82, 2.24) is 15.0 Å². The lowest BCUT2D eigenvalue weighted by Gasteiger charge is -2.32. The molecule has 0 N–H and O–H groups in total. The molecule has 1 saturated heterocycles. The fourth-order valence-corrected chi connectivity index (χ4v) is 4.18. The predicted molar refractivity (Wildman–Crippen MR) is 113 cm³/mol. The van der Waals surface area contributed by atoms with Crippen LogP contribution in [-0.4, -0.2) is 34.0 Å². The minimum atomic E-state index is 0.0420. The van der Waals surface area contributed by atoms with Crippen molar-refractivity contribution in [2.75, 3.05) is 13.1 Å². The molecule has 1 aromatic carbocycles. The van der Waals surface area contributed by atoms with Crippen LogP contribution in [0, 0.1) is 6.92 Å². The quantitative estimate of drug-likeness (QED) is 0.588. The number of rotatable bonds is 4. The van der Waals surface area contributed by atoms with Crippen molar-refractivity contribution >= 4 is 17.5 Å². The van der Waals surface area contributed by atoms with Gasteiger partial charge in [0, 0.05) is 41.7 Å². The smallest absolute Gasteiger partial charge is 0.253 e. The number of piperidine rings is 1. The maximum absolute atomic E-state index is 12.7. The van der Waals surface area contributed by atoms with Gasteiger partial charge in [0.15, 0.2) is 0 Å². The van der Waals surface area contributed by atoms with Crippen LogP contribution in [0.5, 0.6) is 0 Å². The van der Waals surface area contributed by atoms with E-state index in [9.17, 15) is 4.79 Å². The average molecular weight is 410 g/mol. The number of likely N-dealkylation sites (tertiary alicyclic amines) is 1. The number of amides is 1. The summed E-state index contributed by atoms with van der Waals surface area (Å²) in [5.74, 6) is 1.25. The maximum atomic E-state index is 12.7. The van der Waals surface area contributed by atoms with Crippen molar-refractivity contribution in [3.8, 4) is 11.3 Å². The van der Waals surface area contributed by atoms with Gasteiger partial charge in [0.2, 0.25) is 0 Å². The zero-order valence-corrected chi connectivity index (χ0v) is 17.4. The number of hydrogen-bond acceptors (Lipinski definition) is 4. The summed E-state index contributed by atoms with van der Waals surface area (Å²) < 4.78 is 5.43. The Morgan fingerprint density at radius 3 is 2.69 bits per heavy atom. The molecule has 0 spiro atoms. The van der Waals surface area contributed by atoms with Gasteiger partial charge in [0.1, 0.15) is 5.76 Å². The van der Waals surface area contributed by atoms with E-state index >= 15 is 0 Å². The van der Waals surface area contributed by atoms with Crippen LogP contribution in [0.3, 0.4) is 0 Å². The van der Waals surface area contributed by atoms with Crippen LogP contribution in [0.25, 0.3) is 11.3 Å². The molecule has 29 heavy (non-hydrogen) atoms. The Morgan fingerprint density at radius 2 is 1.97 bits per heavy atom. The predicted octanol–water partition coefficient (Wildman–Crippen LogP) is 5.28. The number of aryl methyl sites for hydroxylation is 2. The van der Waals surface area contributed by atoms with Gasteiger partial charge in [-0.1, -0.05) is 35.8 Å². The SMILES string of the molecule is CCc1onc(C)c1-c1cccc(C2CCN(C(=O)c3cccc(Cl)c3)CC2)n1. The molecule has 3 aromatic rings. The summed E-state index contributed by atoms with van der Waals surface area (Å²) in [5, 5.41) is 4.69. The molecule has 0 unspecified atom stereocenters. The molecule has 1 aliphatic rings. The first-order chi connectivity index (χ1) is 14.1. The highest BCUT2D eigenvalue weighted by atomic mass is 35.5. The summed E-state index contributed by atoms with van der Waals surface area (Å²) in [6.07, 6.45) is 2.57. The number of carbonyl (C=O) groups is 1. The number of pyridine rings is 1. The van der Waals surface area contributed by atoms with E-state index in [1.54, 1.807) is 12.1 Å². The molecule has 1 fully saturated rings. The standard InChI is InChI=1S/C23H24ClN3O2/c1-3-21-22(15(2)26-29-21)20-9-5-8-19(25-20)16-10-12-27(13-11-16)23(28)17-6-4-7-18(24)14-17/h4-9,14,16H,3,10-13H2,1-2H3. The summed E-state index contributed by atoms with van der Waals surface area (Å²) in [6, 6.07) is 13.3. The second-order valence-electron chi connectivity index (χ2n) is 7.44. The van der Waals surface area contributed by atoms with Crippen LogP contribution in [0.15, 0.2) is 47.0 Å².